The zero-order chi connectivity index (χ0) is 22.1. The maximum atomic E-state index is 5.58. The van der Waals surface area contributed by atoms with Gasteiger partial charge < -0.3 is 18.8 Å². The number of hydrogen-bond donors (Lipinski definition) is 0. The number of benzene rings is 3. The van der Waals surface area contributed by atoms with E-state index in [0.717, 1.165) is 44.7 Å². The Hall–Kier alpha value is -4.06. The Balaban J connectivity index is 1.77. The fourth-order valence-corrected chi connectivity index (χ4v) is 4.07. The Kier molecular flexibility index (Phi) is 5.11. The zero-order valence-corrected chi connectivity index (χ0v) is 18.2. The van der Waals surface area contributed by atoms with Crippen LogP contribution in [0.4, 0.5) is 0 Å². The van der Waals surface area contributed by atoms with E-state index < -0.39 is 0 Å². The fraction of sp³-hybridized carbons (Fsp3) is 0.154. The maximum Gasteiger partial charge on any atom is 0.162 e. The first-order valence-electron chi connectivity index (χ1n) is 10.3. The van der Waals surface area contributed by atoms with Gasteiger partial charge in [-0.2, -0.15) is 0 Å². The number of rotatable bonds is 6. The Morgan fingerprint density at radius 3 is 2.25 bits per heavy atom. The molecule has 0 aliphatic carbocycles. The molecular weight excluding hydrogens is 402 g/mol. The predicted octanol–water partition coefficient (Wildman–Crippen LogP) is 5.28. The van der Waals surface area contributed by atoms with E-state index in [0.29, 0.717) is 18.0 Å². The Morgan fingerprint density at radius 1 is 0.750 bits per heavy atom. The molecule has 0 N–H and O–H groups in total. The van der Waals surface area contributed by atoms with Crippen LogP contribution < -0.4 is 14.2 Å². The van der Waals surface area contributed by atoms with Crippen LogP contribution >= 0.6 is 0 Å². The molecule has 32 heavy (non-hydrogen) atoms. The lowest BCUT2D eigenvalue weighted by atomic mass is 10.0. The van der Waals surface area contributed by atoms with E-state index in [1.807, 2.05) is 48.5 Å². The van der Waals surface area contributed by atoms with E-state index in [-0.39, 0.29) is 0 Å². The highest BCUT2D eigenvalue weighted by molar-refractivity contribution is 5.99. The van der Waals surface area contributed by atoms with Gasteiger partial charge in [-0.15, -0.1) is 10.2 Å². The molecule has 0 saturated heterocycles. The standard InChI is InChI=1S/C26H23N3O3/c1-30-19-11-7-8-17(12-19)15-29-16-21-25(18-9-5-4-6-10-18)27-28-26(21)20-13-23(31-2)24(32-3)14-22(20)29/h4-14,16H,15H2,1-3H3. The van der Waals surface area contributed by atoms with Crippen LogP contribution in [-0.2, 0) is 6.54 Å². The normalized spacial score (nSPS) is 11.1. The van der Waals surface area contributed by atoms with Crippen molar-refractivity contribution in [3.63, 3.8) is 0 Å². The summed E-state index contributed by atoms with van der Waals surface area (Å²) in [5.74, 6) is 2.15. The van der Waals surface area contributed by atoms with E-state index in [9.17, 15) is 0 Å². The molecule has 0 amide bonds. The van der Waals surface area contributed by atoms with E-state index in [4.69, 9.17) is 14.2 Å². The summed E-state index contributed by atoms with van der Waals surface area (Å²) in [6.07, 6.45) is 2.12. The number of aromatic nitrogens is 3. The second-order valence-electron chi connectivity index (χ2n) is 7.51. The molecule has 2 aliphatic rings. The van der Waals surface area contributed by atoms with Crippen LogP contribution in [0, 0.1) is 0 Å². The van der Waals surface area contributed by atoms with Crippen molar-refractivity contribution in [1.82, 2.24) is 14.8 Å². The molecule has 0 fully saturated rings. The molecule has 0 saturated carbocycles. The SMILES string of the molecule is COc1cccc(Cn2cc3c(-c4ccccc4)nnc-3c3cc(OC)c(OC)cc32)c1. The summed E-state index contributed by atoms with van der Waals surface area (Å²) in [6.45, 7) is 0.651. The summed E-state index contributed by atoms with van der Waals surface area (Å²) in [5.41, 5.74) is 5.82. The van der Waals surface area contributed by atoms with Crippen molar-refractivity contribution in [2.45, 2.75) is 6.54 Å². The van der Waals surface area contributed by atoms with E-state index in [1.165, 1.54) is 0 Å². The third-order valence-corrected chi connectivity index (χ3v) is 5.65. The smallest absolute Gasteiger partial charge is 0.162 e. The largest absolute Gasteiger partial charge is 0.497 e. The lowest BCUT2D eigenvalue weighted by molar-refractivity contribution is 0.355. The van der Waals surface area contributed by atoms with Crippen molar-refractivity contribution in [3.8, 4) is 39.8 Å². The van der Waals surface area contributed by atoms with Gasteiger partial charge in [-0.05, 0) is 23.8 Å². The minimum atomic E-state index is 0.651. The zero-order valence-electron chi connectivity index (χ0n) is 18.2. The van der Waals surface area contributed by atoms with Gasteiger partial charge in [0.25, 0.3) is 0 Å². The summed E-state index contributed by atoms with van der Waals surface area (Å²) in [5, 5.41) is 10.0. The second-order valence-corrected chi connectivity index (χ2v) is 7.51. The Morgan fingerprint density at radius 2 is 1.50 bits per heavy atom. The van der Waals surface area contributed by atoms with Crippen LogP contribution in [0.3, 0.4) is 0 Å². The third-order valence-electron chi connectivity index (χ3n) is 5.65. The van der Waals surface area contributed by atoms with Gasteiger partial charge >= 0.3 is 0 Å². The second kappa shape index (κ2) is 8.23. The molecule has 160 valence electrons. The van der Waals surface area contributed by atoms with Crippen LogP contribution in [0.15, 0.2) is 72.9 Å². The van der Waals surface area contributed by atoms with Crippen molar-refractivity contribution in [2.24, 2.45) is 0 Å². The van der Waals surface area contributed by atoms with Crippen molar-refractivity contribution in [2.75, 3.05) is 21.3 Å². The highest BCUT2D eigenvalue weighted by atomic mass is 16.5. The molecule has 2 aliphatic heterocycles. The summed E-state index contributed by atoms with van der Waals surface area (Å²) in [4.78, 5) is 0. The first-order valence-corrected chi connectivity index (χ1v) is 10.3. The van der Waals surface area contributed by atoms with Crippen molar-refractivity contribution < 1.29 is 14.2 Å². The quantitative estimate of drug-likeness (QED) is 0.371. The number of ether oxygens (including phenoxy) is 3. The molecule has 0 atom stereocenters. The first kappa shape index (κ1) is 19.9. The average Bonchev–Trinajstić information content (AvgIpc) is 3.28. The number of pyridine rings is 1. The molecule has 0 bridgehead atoms. The summed E-state index contributed by atoms with van der Waals surface area (Å²) < 4.78 is 18.8. The first-order chi connectivity index (χ1) is 15.7. The Bertz CT molecular complexity index is 1360. The van der Waals surface area contributed by atoms with Gasteiger partial charge in [0.05, 0.1) is 26.8 Å². The Labute approximate surface area is 186 Å². The van der Waals surface area contributed by atoms with Crippen LogP contribution in [0.5, 0.6) is 17.2 Å². The monoisotopic (exact) mass is 425 g/mol. The maximum absolute atomic E-state index is 5.58. The van der Waals surface area contributed by atoms with Crippen molar-refractivity contribution in [1.29, 1.82) is 0 Å². The number of methoxy groups -OCH3 is 3. The minimum Gasteiger partial charge on any atom is -0.497 e. The van der Waals surface area contributed by atoms with Crippen LogP contribution in [0.25, 0.3) is 33.4 Å². The fourth-order valence-electron chi connectivity index (χ4n) is 4.07. The highest BCUT2D eigenvalue weighted by Crippen LogP contribution is 2.41. The van der Waals surface area contributed by atoms with Gasteiger partial charge in [-0.3, -0.25) is 0 Å². The van der Waals surface area contributed by atoms with Crippen LogP contribution in [-0.4, -0.2) is 36.1 Å². The van der Waals surface area contributed by atoms with Gasteiger partial charge in [0.2, 0.25) is 0 Å². The van der Waals surface area contributed by atoms with E-state index in [2.05, 4.69) is 39.2 Å². The molecule has 3 aromatic rings. The summed E-state index contributed by atoms with van der Waals surface area (Å²) in [7, 11) is 4.96. The van der Waals surface area contributed by atoms with Gasteiger partial charge in [-0.1, -0.05) is 42.5 Å². The van der Waals surface area contributed by atoms with Crippen LogP contribution in [0.1, 0.15) is 5.56 Å². The lowest BCUT2D eigenvalue weighted by Crippen LogP contribution is -2.05. The number of hydrogen-bond acceptors (Lipinski definition) is 5. The molecule has 0 radical (unpaired) electrons. The van der Waals surface area contributed by atoms with Gasteiger partial charge in [0.15, 0.2) is 11.5 Å². The third kappa shape index (κ3) is 3.39. The minimum absolute atomic E-state index is 0.651. The summed E-state index contributed by atoms with van der Waals surface area (Å²) in [6, 6.07) is 22.2. The highest BCUT2D eigenvalue weighted by Gasteiger charge is 2.22. The molecular formula is C26H23N3O3. The van der Waals surface area contributed by atoms with Gasteiger partial charge in [0, 0.05) is 35.3 Å². The van der Waals surface area contributed by atoms with Crippen molar-refractivity contribution in [3.05, 3.63) is 78.5 Å². The number of fused-ring (bicyclic) bond motifs is 3. The molecule has 0 spiro atoms. The molecule has 6 nitrogen and oxygen atoms in total. The van der Waals surface area contributed by atoms with E-state index in [1.54, 1.807) is 21.3 Å². The number of nitrogens with zero attached hydrogens (tertiary/aromatic N) is 3. The lowest BCUT2D eigenvalue weighted by Gasteiger charge is -2.18. The molecule has 0 aromatic heterocycles. The van der Waals surface area contributed by atoms with Gasteiger partial charge in [-0.25, -0.2) is 0 Å². The van der Waals surface area contributed by atoms with Crippen LogP contribution in [0.2, 0.25) is 0 Å². The molecule has 2 heterocycles. The molecule has 6 heteroatoms. The predicted molar refractivity (Wildman–Crippen MR) is 125 cm³/mol. The molecule has 0 unspecified atom stereocenters. The molecule has 3 aromatic carbocycles. The van der Waals surface area contributed by atoms with Crippen molar-refractivity contribution >= 4 is 10.9 Å². The average molecular weight is 425 g/mol. The molecule has 5 rings (SSSR count). The topological polar surface area (TPSA) is 58.4 Å². The summed E-state index contributed by atoms with van der Waals surface area (Å²) >= 11 is 0. The van der Waals surface area contributed by atoms with E-state index >= 15 is 0 Å². The van der Waals surface area contributed by atoms with Gasteiger partial charge in [0.1, 0.15) is 17.1 Å².